The van der Waals surface area contributed by atoms with Crippen molar-refractivity contribution in [2.75, 3.05) is 5.06 Å². The van der Waals surface area contributed by atoms with E-state index in [0.29, 0.717) is 28.5 Å². The fraction of sp³-hybridized carbons (Fsp3) is 0.400. The zero-order valence-corrected chi connectivity index (χ0v) is 15.5. The molecule has 4 rings (SSSR count). The number of rotatable bonds is 7. The van der Waals surface area contributed by atoms with Crippen molar-refractivity contribution < 1.29 is 9.63 Å². The highest BCUT2D eigenvalue weighted by Gasteiger charge is 2.29. The second kappa shape index (κ2) is 7.25. The van der Waals surface area contributed by atoms with Crippen LogP contribution in [-0.2, 0) is 16.2 Å². The summed E-state index contributed by atoms with van der Waals surface area (Å²) >= 11 is 6.11. The largest absolute Gasteiger partial charge is 0.335 e. The van der Waals surface area contributed by atoms with Gasteiger partial charge in [-0.3, -0.25) is 0 Å². The minimum Gasteiger partial charge on any atom is -0.335 e. The van der Waals surface area contributed by atoms with Crippen molar-refractivity contribution in [2.45, 2.75) is 51.1 Å². The lowest BCUT2D eigenvalue weighted by Gasteiger charge is -2.23. The van der Waals surface area contributed by atoms with Crippen molar-refractivity contribution >= 4 is 29.1 Å². The standard InChI is InChI=1S/C20H22ClN3O2/c1-13(25)26-24(18-4-2-3-16(21)9-18)20-10-19(14-5-6-14)15(12-23-20)11-22-17-7-8-17/h2-4,9-10,12,14,17,22H,5-8,11H2,1H3. The molecular weight excluding hydrogens is 350 g/mol. The van der Waals surface area contributed by atoms with Crippen molar-refractivity contribution in [3.8, 4) is 0 Å². The number of benzene rings is 1. The zero-order chi connectivity index (χ0) is 18.1. The zero-order valence-electron chi connectivity index (χ0n) is 14.7. The van der Waals surface area contributed by atoms with Gasteiger partial charge in [0.25, 0.3) is 0 Å². The number of carbonyl (C=O) groups is 1. The van der Waals surface area contributed by atoms with Crippen LogP contribution in [0.2, 0.25) is 5.02 Å². The van der Waals surface area contributed by atoms with Crippen LogP contribution in [0.15, 0.2) is 36.5 Å². The lowest BCUT2D eigenvalue weighted by atomic mass is 10.1. The van der Waals surface area contributed by atoms with Crippen molar-refractivity contribution in [1.29, 1.82) is 0 Å². The molecule has 1 heterocycles. The van der Waals surface area contributed by atoms with Gasteiger partial charge in [-0.1, -0.05) is 17.7 Å². The lowest BCUT2D eigenvalue weighted by Crippen LogP contribution is -2.22. The third-order valence-corrected chi connectivity index (χ3v) is 4.89. The van der Waals surface area contributed by atoms with E-state index in [9.17, 15) is 4.79 Å². The molecule has 0 saturated heterocycles. The summed E-state index contributed by atoms with van der Waals surface area (Å²) in [6.07, 6.45) is 6.83. The summed E-state index contributed by atoms with van der Waals surface area (Å²) in [5, 5.41) is 5.59. The number of hydrogen-bond acceptors (Lipinski definition) is 5. The molecule has 0 spiro atoms. The third-order valence-electron chi connectivity index (χ3n) is 4.65. The van der Waals surface area contributed by atoms with Crippen molar-refractivity contribution in [3.05, 3.63) is 52.7 Å². The van der Waals surface area contributed by atoms with E-state index in [1.807, 2.05) is 24.4 Å². The Morgan fingerprint density at radius 2 is 2.12 bits per heavy atom. The Morgan fingerprint density at radius 3 is 2.77 bits per heavy atom. The summed E-state index contributed by atoms with van der Waals surface area (Å²) in [5.74, 6) is 0.769. The highest BCUT2D eigenvalue weighted by molar-refractivity contribution is 6.30. The predicted molar refractivity (Wildman–Crippen MR) is 101 cm³/mol. The van der Waals surface area contributed by atoms with Crippen LogP contribution in [-0.4, -0.2) is 17.0 Å². The summed E-state index contributed by atoms with van der Waals surface area (Å²) < 4.78 is 0. The molecule has 136 valence electrons. The first kappa shape index (κ1) is 17.3. The average Bonchev–Trinajstić information content (AvgIpc) is 3.51. The minimum absolute atomic E-state index is 0.403. The molecule has 2 aromatic rings. The molecule has 6 heteroatoms. The summed E-state index contributed by atoms with van der Waals surface area (Å²) in [6.45, 7) is 2.22. The number of nitrogens with one attached hydrogen (secondary N) is 1. The molecule has 0 radical (unpaired) electrons. The van der Waals surface area contributed by atoms with Crippen LogP contribution in [0.1, 0.15) is 49.7 Å². The van der Waals surface area contributed by atoms with E-state index in [-0.39, 0.29) is 0 Å². The Kier molecular flexibility index (Phi) is 4.83. The first-order valence-corrected chi connectivity index (χ1v) is 9.44. The average molecular weight is 372 g/mol. The Labute approximate surface area is 158 Å². The topological polar surface area (TPSA) is 54.5 Å². The number of halogens is 1. The first-order chi connectivity index (χ1) is 12.6. The fourth-order valence-electron chi connectivity index (χ4n) is 3.03. The van der Waals surface area contributed by atoms with Gasteiger partial charge in [0.05, 0.1) is 5.69 Å². The number of anilines is 2. The van der Waals surface area contributed by atoms with E-state index in [1.54, 1.807) is 12.1 Å². The van der Waals surface area contributed by atoms with Gasteiger partial charge in [0.15, 0.2) is 5.82 Å². The Morgan fingerprint density at radius 1 is 1.31 bits per heavy atom. The molecule has 0 atom stereocenters. The first-order valence-electron chi connectivity index (χ1n) is 9.06. The van der Waals surface area contributed by atoms with Crippen LogP contribution in [0.4, 0.5) is 11.5 Å². The van der Waals surface area contributed by atoms with E-state index in [1.165, 1.54) is 48.8 Å². The van der Waals surface area contributed by atoms with Gasteiger partial charge in [-0.05, 0) is 67.0 Å². The van der Waals surface area contributed by atoms with Gasteiger partial charge in [-0.2, -0.15) is 5.06 Å². The number of hydrogen-bond donors (Lipinski definition) is 1. The number of pyridine rings is 1. The number of carbonyl (C=O) groups excluding carboxylic acids is 1. The summed E-state index contributed by atoms with van der Waals surface area (Å²) in [6, 6.07) is 9.91. The van der Waals surface area contributed by atoms with E-state index in [4.69, 9.17) is 16.4 Å². The second-order valence-electron chi connectivity index (χ2n) is 7.03. The fourth-order valence-corrected chi connectivity index (χ4v) is 3.21. The van der Waals surface area contributed by atoms with Gasteiger partial charge in [0, 0.05) is 30.7 Å². The third kappa shape index (κ3) is 4.17. The maximum Gasteiger partial charge on any atom is 0.329 e. The smallest absolute Gasteiger partial charge is 0.329 e. The lowest BCUT2D eigenvalue weighted by molar-refractivity contribution is -0.141. The van der Waals surface area contributed by atoms with Crippen LogP contribution in [0.3, 0.4) is 0 Å². The number of aromatic nitrogens is 1. The van der Waals surface area contributed by atoms with Crippen LogP contribution in [0, 0.1) is 0 Å². The quantitative estimate of drug-likeness (QED) is 0.727. The molecule has 1 N–H and O–H groups in total. The molecular formula is C20H22ClN3O2. The van der Waals surface area contributed by atoms with E-state index >= 15 is 0 Å². The van der Waals surface area contributed by atoms with Gasteiger partial charge >= 0.3 is 5.97 Å². The van der Waals surface area contributed by atoms with Crippen LogP contribution >= 0.6 is 11.6 Å². The van der Waals surface area contributed by atoms with Gasteiger partial charge in [0.2, 0.25) is 0 Å². The molecule has 0 amide bonds. The second-order valence-corrected chi connectivity index (χ2v) is 7.46. The Hall–Kier alpha value is -2.11. The van der Waals surface area contributed by atoms with Gasteiger partial charge < -0.3 is 10.2 Å². The normalized spacial score (nSPS) is 16.4. The Balaban J connectivity index is 1.66. The van der Waals surface area contributed by atoms with Crippen molar-refractivity contribution in [1.82, 2.24) is 10.3 Å². The molecule has 0 unspecified atom stereocenters. The molecule has 0 bridgehead atoms. The van der Waals surface area contributed by atoms with E-state index in [0.717, 1.165) is 6.54 Å². The summed E-state index contributed by atoms with van der Waals surface area (Å²) in [5.41, 5.74) is 3.20. The monoisotopic (exact) mass is 371 g/mol. The number of nitrogens with zero attached hydrogens (tertiary/aromatic N) is 2. The van der Waals surface area contributed by atoms with Crippen LogP contribution < -0.4 is 10.4 Å². The molecule has 2 saturated carbocycles. The molecule has 1 aromatic carbocycles. The maximum atomic E-state index is 11.6. The van der Waals surface area contributed by atoms with Gasteiger partial charge in [-0.15, -0.1) is 0 Å². The van der Waals surface area contributed by atoms with Crippen molar-refractivity contribution in [2.24, 2.45) is 0 Å². The summed E-state index contributed by atoms with van der Waals surface area (Å²) in [4.78, 5) is 21.6. The molecule has 1 aromatic heterocycles. The highest BCUT2D eigenvalue weighted by atomic mass is 35.5. The highest BCUT2D eigenvalue weighted by Crippen LogP contribution is 2.43. The van der Waals surface area contributed by atoms with E-state index in [2.05, 4.69) is 10.3 Å². The van der Waals surface area contributed by atoms with Crippen LogP contribution in [0.25, 0.3) is 0 Å². The molecule has 26 heavy (non-hydrogen) atoms. The van der Waals surface area contributed by atoms with Crippen molar-refractivity contribution in [3.63, 3.8) is 0 Å². The Bertz CT molecular complexity index is 818. The van der Waals surface area contributed by atoms with Gasteiger partial charge in [-0.25, -0.2) is 9.78 Å². The molecule has 2 fully saturated rings. The molecule has 2 aliphatic rings. The predicted octanol–water partition coefficient (Wildman–Crippen LogP) is 4.48. The SMILES string of the molecule is CC(=O)ON(c1cccc(Cl)c1)c1cc(C2CC2)c(CNC2CC2)cn1. The van der Waals surface area contributed by atoms with E-state index < -0.39 is 5.97 Å². The van der Waals surface area contributed by atoms with Gasteiger partial charge in [0.1, 0.15) is 0 Å². The molecule has 2 aliphatic carbocycles. The molecule has 0 aliphatic heterocycles. The maximum absolute atomic E-state index is 11.6. The minimum atomic E-state index is -0.403. The molecule has 5 nitrogen and oxygen atoms in total. The summed E-state index contributed by atoms with van der Waals surface area (Å²) in [7, 11) is 0. The van der Waals surface area contributed by atoms with Crippen LogP contribution in [0.5, 0.6) is 0 Å².